The third-order valence-corrected chi connectivity index (χ3v) is 6.64. The zero-order valence-corrected chi connectivity index (χ0v) is 21.3. The molecule has 0 spiro atoms. The highest BCUT2D eigenvalue weighted by Crippen LogP contribution is 2.35. The Balaban J connectivity index is 1.53. The predicted molar refractivity (Wildman–Crippen MR) is 143 cm³/mol. The molecule has 1 aliphatic rings. The molecule has 36 heavy (non-hydrogen) atoms. The van der Waals surface area contributed by atoms with Crippen LogP contribution in [0.15, 0.2) is 91.0 Å². The lowest BCUT2D eigenvalue weighted by atomic mass is 10.0. The molecule has 5 atom stereocenters. The van der Waals surface area contributed by atoms with Gasteiger partial charge in [0.1, 0.15) is 18.3 Å². The first-order chi connectivity index (χ1) is 17.8. The Morgan fingerprint density at radius 1 is 0.722 bits per heavy atom. The smallest absolute Gasteiger partial charge is 0.115 e. The van der Waals surface area contributed by atoms with E-state index in [0.717, 1.165) is 29.5 Å². The molecule has 0 amide bonds. The maximum atomic E-state index is 6.54. The molecule has 0 aliphatic carbocycles. The van der Waals surface area contributed by atoms with E-state index in [9.17, 15) is 0 Å². The second-order valence-corrected chi connectivity index (χ2v) is 9.44. The SMILES string of the molecule is NC[C@@H](OCc1ccccc1)[C@@H](OCc1ccccc1)[C@H](OCc1ccccc1)[C@@H]1O[C@H]1CCCCl. The van der Waals surface area contributed by atoms with Gasteiger partial charge in [-0.15, -0.1) is 11.6 Å². The molecule has 3 aromatic carbocycles. The zero-order chi connectivity index (χ0) is 25.0. The molecule has 0 saturated carbocycles. The van der Waals surface area contributed by atoms with Crippen LogP contribution in [0.2, 0.25) is 0 Å². The van der Waals surface area contributed by atoms with Crippen LogP contribution in [0.3, 0.4) is 0 Å². The largest absolute Gasteiger partial charge is 0.369 e. The summed E-state index contributed by atoms with van der Waals surface area (Å²) in [5.74, 6) is 0.613. The van der Waals surface area contributed by atoms with Crippen molar-refractivity contribution >= 4 is 11.6 Å². The van der Waals surface area contributed by atoms with Crippen molar-refractivity contribution in [2.24, 2.45) is 5.73 Å². The van der Waals surface area contributed by atoms with Crippen molar-refractivity contribution in [3.63, 3.8) is 0 Å². The summed E-state index contributed by atoms with van der Waals surface area (Å²) in [5.41, 5.74) is 9.53. The van der Waals surface area contributed by atoms with Gasteiger partial charge >= 0.3 is 0 Å². The maximum Gasteiger partial charge on any atom is 0.115 e. The lowest BCUT2D eigenvalue weighted by Crippen LogP contribution is -2.49. The van der Waals surface area contributed by atoms with E-state index >= 15 is 0 Å². The number of alkyl halides is 1. The molecular formula is C30H36ClNO4. The zero-order valence-electron chi connectivity index (χ0n) is 20.6. The minimum absolute atomic E-state index is 0.0907. The summed E-state index contributed by atoms with van der Waals surface area (Å²) < 4.78 is 25.5. The summed E-state index contributed by atoms with van der Waals surface area (Å²) in [5, 5.41) is 0. The highest BCUT2D eigenvalue weighted by molar-refractivity contribution is 6.17. The van der Waals surface area contributed by atoms with Crippen LogP contribution in [-0.4, -0.2) is 42.9 Å². The first-order valence-electron chi connectivity index (χ1n) is 12.7. The van der Waals surface area contributed by atoms with Crippen molar-refractivity contribution in [3.8, 4) is 0 Å². The number of ether oxygens (including phenoxy) is 4. The van der Waals surface area contributed by atoms with E-state index in [1.54, 1.807) is 0 Å². The molecule has 4 rings (SSSR count). The number of benzene rings is 3. The molecule has 1 fully saturated rings. The summed E-state index contributed by atoms with van der Waals surface area (Å²) in [6.45, 7) is 1.63. The summed E-state index contributed by atoms with van der Waals surface area (Å²) in [7, 11) is 0. The Kier molecular flexibility index (Phi) is 10.8. The van der Waals surface area contributed by atoms with Gasteiger partial charge in [-0.2, -0.15) is 0 Å². The molecule has 5 nitrogen and oxygen atoms in total. The Hall–Kier alpha value is -2.25. The van der Waals surface area contributed by atoms with Gasteiger partial charge in [0.05, 0.1) is 32.0 Å². The van der Waals surface area contributed by atoms with Crippen LogP contribution in [0.1, 0.15) is 29.5 Å². The number of hydrogen-bond donors (Lipinski definition) is 1. The van der Waals surface area contributed by atoms with Gasteiger partial charge in [0.2, 0.25) is 0 Å². The van der Waals surface area contributed by atoms with Crippen molar-refractivity contribution in [2.45, 2.75) is 63.2 Å². The number of rotatable bonds is 16. The number of nitrogens with two attached hydrogens (primary N) is 1. The van der Waals surface area contributed by atoms with E-state index in [-0.39, 0.29) is 24.4 Å². The second-order valence-electron chi connectivity index (χ2n) is 9.06. The van der Waals surface area contributed by atoms with Crippen LogP contribution < -0.4 is 5.73 Å². The van der Waals surface area contributed by atoms with E-state index in [1.807, 2.05) is 66.7 Å². The van der Waals surface area contributed by atoms with Crippen LogP contribution >= 0.6 is 11.6 Å². The van der Waals surface area contributed by atoms with Gasteiger partial charge in [0, 0.05) is 12.4 Å². The van der Waals surface area contributed by atoms with E-state index in [2.05, 4.69) is 24.3 Å². The summed E-state index contributed by atoms with van der Waals surface area (Å²) in [4.78, 5) is 0. The highest BCUT2D eigenvalue weighted by Gasteiger charge is 2.50. The topological polar surface area (TPSA) is 66.2 Å². The average molecular weight is 510 g/mol. The van der Waals surface area contributed by atoms with Gasteiger partial charge in [-0.3, -0.25) is 0 Å². The highest BCUT2D eigenvalue weighted by atomic mass is 35.5. The molecule has 0 unspecified atom stereocenters. The molecule has 1 saturated heterocycles. The van der Waals surface area contributed by atoms with Gasteiger partial charge in [-0.25, -0.2) is 0 Å². The molecule has 2 N–H and O–H groups in total. The minimum Gasteiger partial charge on any atom is -0.369 e. The van der Waals surface area contributed by atoms with E-state index < -0.39 is 6.10 Å². The molecule has 1 aliphatic heterocycles. The Bertz CT molecular complexity index is 992. The third-order valence-electron chi connectivity index (χ3n) is 6.37. The lowest BCUT2D eigenvalue weighted by molar-refractivity contribution is -0.154. The van der Waals surface area contributed by atoms with E-state index in [1.165, 1.54) is 0 Å². The summed E-state index contributed by atoms with van der Waals surface area (Å²) in [6, 6.07) is 30.4. The van der Waals surface area contributed by atoms with Crippen LogP contribution in [0.4, 0.5) is 0 Å². The third kappa shape index (κ3) is 8.13. The van der Waals surface area contributed by atoms with Gasteiger partial charge < -0.3 is 24.7 Å². The van der Waals surface area contributed by atoms with Crippen LogP contribution in [0, 0.1) is 0 Å². The Morgan fingerprint density at radius 3 is 1.72 bits per heavy atom. The number of epoxide rings is 1. The van der Waals surface area contributed by atoms with E-state index in [4.69, 9.17) is 36.3 Å². The van der Waals surface area contributed by atoms with E-state index in [0.29, 0.717) is 32.2 Å². The summed E-state index contributed by atoms with van der Waals surface area (Å²) >= 11 is 5.95. The second kappa shape index (κ2) is 14.5. The van der Waals surface area contributed by atoms with Crippen LogP contribution in [-0.2, 0) is 38.8 Å². The summed E-state index contributed by atoms with van der Waals surface area (Å²) in [6.07, 6.45) is 0.684. The maximum absolute atomic E-state index is 6.54. The average Bonchev–Trinajstić information content (AvgIpc) is 3.71. The molecule has 3 aromatic rings. The fourth-order valence-corrected chi connectivity index (χ4v) is 4.51. The van der Waals surface area contributed by atoms with Crippen LogP contribution in [0.5, 0.6) is 0 Å². The Labute approximate surface area is 219 Å². The van der Waals surface area contributed by atoms with Crippen molar-refractivity contribution in [3.05, 3.63) is 108 Å². The lowest BCUT2D eigenvalue weighted by Gasteiger charge is -2.33. The van der Waals surface area contributed by atoms with Crippen molar-refractivity contribution in [1.29, 1.82) is 0 Å². The molecular weight excluding hydrogens is 474 g/mol. The molecule has 1 heterocycles. The molecule has 0 bridgehead atoms. The molecule has 192 valence electrons. The quantitative estimate of drug-likeness (QED) is 0.204. The van der Waals surface area contributed by atoms with Gasteiger partial charge in [-0.1, -0.05) is 91.0 Å². The predicted octanol–water partition coefficient (Wildman–Crippen LogP) is 5.49. The monoisotopic (exact) mass is 509 g/mol. The number of halogens is 1. The minimum atomic E-state index is -0.409. The standard InChI is InChI=1S/C30H36ClNO4/c31-18-10-17-26-29(36-26)30(35-22-25-15-8-3-9-16-25)28(34-21-24-13-6-2-7-14-24)27(19-32)33-20-23-11-4-1-5-12-23/h1-9,11-16,26-30H,10,17-22,32H2/t26-,27+,28+,29+,30-/m0/s1. The number of hydrogen-bond acceptors (Lipinski definition) is 5. The molecule has 6 heteroatoms. The fraction of sp³-hybridized carbons (Fsp3) is 0.400. The first kappa shape index (κ1) is 26.8. The Morgan fingerprint density at radius 2 is 1.22 bits per heavy atom. The van der Waals surface area contributed by atoms with Crippen molar-refractivity contribution < 1.29 is 18.9 Å². The fourth-order valence-electron chi connectivity index (χ4n) is 4.35. The van der Waals surface area contributed by atoms with Gasteiger partial charge in [0.25, 0.3) is 0 Å². The molecule has 0 radical (unpaired) electrons. The van der Waals surface area contributed by atoms with Crippen molar-refractivity contribution in [2.75, 3.05) is 12.4 Å². The first-order valence-corrected chi connectivity index (χ1v) is 13.2. The van der Waals surface area contributed by atoms with Gasteiger partial charge in [0.15, 0.2) is 0 Å². The normalized spacial score (nSPS) is 19.5. The van der Waals surface area contributed by atoms with Crippen molar-refractivity contribution in [1.82, 2.24) is 0 Å². The molecule has 0 aromatic heterocycles. The van der Waals surface area contributed by atoms with Gasteiger partial charge in [-0.05, 0) is 29.5 Å². The van der Waals surface area contributed by atoms with Crippen LogP contribution in [0.25, 0.3) is 0 Å².